The molecule has 5 nitrogen and oxygen atoms in total. The predicted molar refractivity (Wildman–Crippen MR) is 74.2 cm³/mol. The van der Waals surface area contributed by atoms with Crippen molar-refractivity contribution >= 4 is 12.6 Å². The highest BCUT2D eigenvalue weighted by Crippen LogP contribution is 2.36. The molecule has 2 fully saturated rings. The van der Waals surface area contributed by atoms with Gasteiger partial charge in [-0.3, -0.25) is 4.68 Å². The molecule has 19 heavy (non-hydrogen) atoms. The van der Waals surface area contributed by atoms with E-state index in [1.807, 2.05) is 17.1 Å². The van der Waals surface area contributed by atoms with Crippen molar-refractivity contribution < 1.29 is 9.31 Å². The molecule has 0 spiro atoms. The maximum atomic E-state index is 6.02. The van der Waals surface area contributed by atoms with Crippen LogP contribution in [0.15, 0.2) is 12.4 Å². The van der Waals surface area contributed by atoms with Gasteiger partial charge < -0.3 is 15.0 Å². The van der Waals surface area contributed by atoms with Gasteiger partial charge in [-0.25, -0.2) is 0 Å². The lowest BCUT2D eigenvalue weighted by Gasteiger charge is -2.32. The average Bonchev–Trinajstić information content (AvgIpc) is 2.78. The number of rotatable bonds is 2. The first-order valence-corrected chi connectivity index (χ1v) is 6.94. The Balaban J connectivity index is 1.74. The fraction of sp³-hybridized carbons (Fsp3) is 0.769. The first-order valence-electron chi connectivity index (χ1n) is 6.94. The molecule has 0 atom stereocenters. The Labute approximate surface area is 114 Å². The van der Waals surface area contributed by atoms with Crippen LogP contribution < -0.4 is 11.2 Å². The molecule has 3 rings (SSSR count). The zero-order valence-electron chi connectivity index (χ0n) is 12.1. The summed E-state index contributed by atoms with van der Waals surface area (Å²) in [5.41, 5.74) is 6.19. The minimum absolute atomic E-state index is 0.307. The van der Waals surface area contributed by atoms with Gasteiger partial charge in [0.1, 0.15) is 0 Å². The smallest absolute Gasteiger partial charge is 0.399 e. The number of nitrogens with zero attached hydrogens (tertiary/aromatic N) is 2. The Morgan fingerprint density at radius 1 is 1.26 bits per heavy atom. The monoisotopic (exact) mass is 263 g/mol. The van der Waals surface area contributed by atoms with Crippen molar-refractivity contribution in [2.45, 2.75) is 63.8 Å². The van der Waals surface area contributed by atoms with Crippen LogP contribution in [0.4, 0.5) is 0 Å². The molecule has 1 saturated heterocycles. The van der Waals surface area contributed by atoms with Gasteiger partial charge in [0.15, 0.2) is 0 Å². The first-order chi connectivity index (χ1) is 8.78. The number of hydrogen-bond donors (Lipinski definition) is 1. The van der Waals surface area contributed by atoms with Crippen molar-refractivity contribution in [2.24, 2.45) is 5.73 Å². The van der Waals surface area contributed by atoms with E-state index >= 15 is 0 Å². The molecule has 1 saturated carbocycles. The number of hydrogen-bond acceptors (Lipinski definition) is 4. The maximum absolute atomic E-state index is 6.02. The summed E-state index contributed by atoms with van der Waals surface area (Å²) < 4.78 is 14.0. The average molecular weight is 263 g/mol. The van der Waals surface area contributed by atoms with E-state index in [1.54, 1.807) is 0 Å². The number of aromatic nitrogens is 2. The third-order valence-electron chi connectivity index (χ3n) is 4.67. The summed E-state index contributed by atoms with van der Waals surface area (Å²) in [5, 5.41) is 4.41. The molecular formula is C13H22BN3O2. The largest absolute Gasteiger partial charge is 0.498 e. The van der Waals surface area contributed by atoms with Gasteiger partial charge in [-0.15, -0.1) is 0 Å². The molecule has 6 heteroatoms. The lowest BCUT2D eigenvalue weighted by molar-refractivity contribution is 0.00578. The standard InChI is InChI=1S/C13H22BN3O2/c1-12(2)13(3,4)19-14(18-12)9-7-16-17(8-9)11-5-10(15)6-11/h7-8,10-11H,5-6,15H2,1-4H3. The van der Waals surface area contributed by atoms with E-state index in [2.05, 4.69) is 32.8 Å². The lowest BCUT2D eigenvalue weighted by atomic mass is 9.81. The fourth-order valence-corrected chi connectivity index (χ4v) is 2.50. The summed E-state index contributed by atoms with van der Waals surface area (Å²) in [6.07, 6.45) is 5.87. The zero-order valence-corrected chi connectivity index (χ0v) is 12.1. The molecule has 0 aromatic carbocycles. The summed E-state index contributed by atoms with van der Waals surface area (Å²) in [5.74, 6) is 0. The molecule has 1 aromatic rings. The summed E-state index contributed by atoms with van der Waals surface area (Å²) in [4.78, 5) is 0. The van der Waals surface area contributed by atoms with Crippen LogP contribution in [0.25, 0.3) is 0 Å². The topological polar surface area (TPSA) is 62.3 Å². The van der Waals surface area contributed by atoms with Gasteiger partial charge in [-0.2, -0.15) is 5.10 Å². The van der Waals surface area contributed by atoms with Gasteiger partial charge in [0.25, 0.3) is 0 Å². The molecule has 2 aliphatic rings. The molecule has 0 unspecified atom stereocenters. The highest BCUT2D eigenvalue weighted by molar-refractivity contribution is 6.61. The van der Waals surface area contributed by atoms with Gasteiger partial charge in [-0.1, -0.05) is 0 Å². The van der Waals surface area contributed by atoms with Crippen molar-refractivity contribution in [3.8, 4) is 0 Å². The third-order valence-corrected chi connectivity index (χ3v) is 4.67. The molecule has 2 N–H and O–H groups in total. The van der Waals surface area contributed by atoms with Gasteiger partial charge in [0.2, 0.25) is 0 Å². The van der Waals surface area contributed by atoms with Crippen molar-refractivity contribution in [1.29, 1.82) is 0 Å². The van der Waals surface area contributed by atoms with Crippen molar-refractivity contribution in [1.82, 2.24) is 9.78 Å². The van der Waals surface area contributed by atoms with Crippen LogP contribution >= 0.6 is 0 Å². The second-order valence-corrected chi connectivity index (χ2v) is 6.73. The molecule has 104 valence electrons. The normalized spacial score (nSPS) is 32.4. The van der Waals surface area contributed by atoms with Crippen LogP contribution in [-0.4, -0.2) is 34.1 Å². The quantitative estimate of drug-likeness (QED) is 0.803. The van der Waals surface area contributed by atoms with Crippen molar-refractivity contribution in [3.63, 3.8) is 0 Å². The Bertz CT molecular complexity index is 464. The highest BCUT2D eigenvalue weighted by Gasteiger charge is 2.52. The van der Waals surface area contributed by atoms with Crippen LogP contribution in [0, 0.1) is 0 Å². The van der Waals surface area contributed by atoms with E-state index < -0.39 is 0 Å². The van der Waals surface area contributed by atoms with E-state index in [4.69, 9.17) is 15.0 Å². The lowest BCUT2D eigenvalue weighted by Crippen LogP contribution is -2.41. The summed E-state index contributed by atoms with van der Waals surface area (Å²) >= 11 is 0. The minimum Gasteiger partial charge on any atom is -0.399 e. The van der Waals surface area contributed by atoms with Crippen LogP contribution in [0.3, 0.4) is 0 Å². The molecule has 1 aliphatic carbocycles. The zero-order chi connectivity index (χ0) is 13.8. The summed E-state index contributed by atoms with van der Waals surface area (Å²) in [6, 6.07) is 0.765. The molecule has 2 heterocycles. The Morgan fingerprint density at radius 3 is 2.37 bits per heavy atom. The summed E-state index contributed by atoms with van der Waals surface area (Å²) in [7, 11) is -0.326. The summed E-state index contributed by atoms with van der Waals surface area (Å²) in [6.45, 7) is 8.23. The molecule has 0 amide bonds. The molecule has 0 radical (unpaired) electrons. The third kappa shape index (κ3) is 2.12. The van der Waals surface area contributed by atoms with Crippen molar-refractivity contribution in [3.05, 3.63) is 12.4 Å². The molecule has 0 bridgehead atoms. The van der Waals surface area contributed by atoms with E-state index in [0.717, 1.165) is 18.3 Å². The van der Waals surface area contributed by atoms with E-state index in [1.165, 1.54) is 0 Å². The fourth-order valence-electron chi connectivity index (χ4n) is 2.50. The molecule has 1 aromatic heterocycles. The van der Waals surface area contributed by atoms with E-state index in [9.17, 15) is 0 Å². The van der Waals surface area contributed by atoms with Crippen LogP contribution in [0.5, 0.6) is 0 Å². The van der Waals surface area contributed by atoms with E-state index in [0.29, 0.717) is 12.1 Å². The van der Waals surface area contributed by atoms with Crippen LogP contribution in [0.2, 0.25) is 0 Å². The second kappa shape index (κ2) is 4.07. The van der Waals surface area contributed by atoms with Gasteiger partial charge in [0.05, 0.1) is 17.2 Å². The molecular weight excluding hydrogens is 241 g/mol. The Kier molecular flexibility index (Phi) is 2.82. The van der Waals surface area contributed by atoms with Gasteiger partial charge in [-0.05, 0) is 40.5 Å². The predicted octanol–water partition coefficient (Wildman–Crippen LogP) is 0.844. The molecule has 1 aliphatic heterocycles. The van der Waals surface area contributed by atoms with Crippen LogP contribution in [0.1, 0.15) is 46.6 Å². The highest BCUT2D eigenvalue weighted by atomic mass is 16.7. The minimum atomic E-state index is -0.326. The Hall–Kier alpha value is -0.845. The SMILES string of the molecule is CC1(C)OB(c2cnn(C3CC(N)C3)c2)OC1(C)C. The van der Waals surface area contributed by atoms with E-state index in [-0.39, 0.29) is 18.3 Å². The van der Waals surface area contributed by atoms with Gasteiger partial charge in [0, 0.05) is 23.9 Å². The first kappa shape index (κ1) is 13.2. The maximum Gasteiger partial charge on any atom is 0.498 e. The van der Waals surface area contributed by atoms with Gasteiger partial charge >= 0.3 is 7.12 Å². The second-order valence-electron chi connectivity index (χ2n) is 6.73. The number of nitrogens with two attached hydrogens (primary N) is 1. The van der Waals surface area contributed by atoms with Crippen LogP contribution in [-0.2, 0) is 9.31 Å². The Morgan fingerprint density at radius 2 is 1.84 bits per heavy atom. The van der Waals surface area contributed by atoms with Crippen molar-refractivity contribution in [2.75, 3.05) is 0 Å².